The molecule has 1 saturated heterocycles. The van der Waals surface area contributed by atoms with Gasteiger partial charge in [-0.3, -0.25) is 4.79 Å². The summed E-state index contributed by atoms with van der Waals surface area (Å²) in [7, 11) is 0. The lowest BCUT2D eigenvalue weighted by atomic mass is 9.94. The third-order valence-corrected chi connectivity index (χ3v) is 4.93. The monoisotopic (exact) mass is 361 g/mol. The largest absolute Gasteiger partial charge is 0.377 e. The minimum atomic E-state index is -0.355. The summed E-state index contributed by atoms with van der Waals surface area (Å²) in [5.41, 5.74) is 0.678. The van der Waals surface area contributed by atoms with E-state index < -0.39 is 0 Å². The van der Waals surface area contributed by atoms with Crippen LogP contribution in [0, 0.1) is 0 Å². The summed E-state index contributed by atoms with van der Waals surface area (Å²) in [6, 6.07) is 9.76. The lowest BCUT2D eigenvalue weighted by molar-refractivity contribution is -0.0662. The zero-order valence-corrected chi connectivity index (χ0v) is 15.8. The van der Waals surface area contributed by atoms with Gasteiger partial charge in [0, 0.05) is 0 Å². The van der Waals surface area contributed by atoms with Gasteiger partial charge in [0.2, 0.25) is 0 Å². The highest BCUT2D eigenvalue weighted by molar-refractivity contribution is 6.32. The Morgan fingerprint density at radius 1 is 1.28 bits per heavy atom. The average molecular weight is 362 g/mol. The molecule has 1 atom stereocenters. The van der Waals surface area contributed by atoms with E-state index in [0.717, 1.165) is 12.0 Å². The smallest absolute Gasteiger partial charge is 0.287 e. The summed E-state index contributed by atoms with van der Waals surface area (Å²) in [5.74, 6) is 0. The van der Waals surface area contributed by atoms with Gasteiger partial charge in [-0.2, -0.15) is 5.10 Å². The summed E-state index contributed by atoms with van der Waals surface area (Å²) in [5, 5.41) is 7.79. The van der Waals surface area contributed by atoms with Crippen molar-refractivity contribution in [3.05, 3.63) is 57.5 Å². The fourth-order valence-corrected chi connectivity index (χ4v) is 3.61. The number of nitrogens with zero attached hydrogens (tertiary/aromatic N) is 2. The van der Waals surface area contributed by atoms with Crippen molar-refractivity contribution in [2.75, 3.05) is 5.32 Å². The second kappa shape index (κ2) is 6.46. The molecule has 0 aliphatic carbocycles. The molecule has 0 saturated carbocycles. The topological polar surface area (TPSA) is 56.2 Å². The maximum Gasteiger partial charge on any atom is 0.287 e. The van der Waals surface area contributed by atoms with Gasteiger partial charge in [0.05, 0.1) is 35.7 Å². The number of ether oxygens (including phenoxy) is 1. The Balaban J connectivity index is 1.83. The normalized spacial score (nSPS) is 21.2. The van der Waals surface area contributed by atoms with Gasteiger partial charge in [-0.1, -0.05) is 41.9 Å². The molecule has 1 aliphatic heterocycles. The van der Waals surface area contributed by atoms with E-state index in [2.05, 4.69) is 24.3 Å². The molecule has 25 heavy (non-hydrogen) atoms. The Kier molecular flexibility index (Phi) is 4.64. The molecule has 1 aromatic heterocycles. The third-order valence-electron chi connectivity index (χ3n) is 4.56. The van der Waals surface area contributed by atoms with Crippen LogP contribution < -0.4 is 10.9 Å². The van der Waals surface area contributed by atoms with E-state index in [-0.39, 0.29) is 27.8 Å². The quantitative estimate of drug-likeness (QED) is 0.902. The molecule has 1 aliphatic rings. The zero-order valence-electron chi connectivity index (χ0n) is 15.0. The predicted molar refractivity (Wildman–Crippen MR) is 100 cm³/mol. The molecule has 0 spiro atoms. The van der Waals surface area contributed by atoms with E-state index in [4.69, 9.17) is 16.3 Å². The number of anilines is 1. The standard InChI is InChI=1S/C19H24ClN3O2/c1-18(2)10-15(19(3,4)25-18)22-14-11-21-23(17(24)16(14)20)12-13-8-6-5-7-9-13/h5-9,11,15,22H,10,12H2,1-4H3. The molecule has 1 fully saturated rings. The summed E-state index contributed by atoms with van der Waals surface area (Å²) in [4.78, 5) is 12.6. The molecule has 3 rings (SSSR count). The fourth-order valence-electron chi connectivity index (χ4n) is 3.41. The Hall–Kier alpha value is -1.85. The van der Waals surface area contributed by atoms with Crippen LogP contribution in [0.4, 0.5) is 5.69 Å². The Morgan fingerprint density at radius 2 is 1.96 bits per heavy atom. The first kappa shape index (κ1) is 18.0. The number of halogens is 1. The van der Waals surface area contributed by atoms with Crippen molar-refractivity contribution in [2.45, 2.75) is 57.9 Å². The number of nitrogens with one attached hydrogen (secondary N) is 1. The lowest BCUT2D eigenvalue weighted by Gasteiger charge is -2.28. The van der Waals surface area contributed by atoms with Crippen molar-refractivity contribution in [3.63, 3.8) is 0 Å². The number of rotatable bonds is 4. The van der Waals surface area contributed by atoms with Crippen LogP contribution >= 0.6 is 11.6 Å². The summed E-state index contributed by atoms with van der Waals surface area (Å²) >= 11 is 6.33. The van der Waals surface area contributed by atoms with E-state index in [1.807, 2.05) is 44.2 Å². The highest BCUT2D eigenvalue weighted by Crippen LogP contribution is 2.39. The van der Waals surface area contributed by atoms with Crippen LogP contribution in [0.3, 0.4) is 0 Å². The number of hydrogen-bond donors (Lipinski definition) is 1. The third kappa shape index (κ3) is 3.88. The molecule has 0 bridgehead atoms. The van der Waals surface area contributed by atoms with Crippen LogP contribution in [0.15, 0.2) is 41.3 Å². The van der Waals surface area contributed by atoms with Crippen LogP contribution in [0.25, 0.3) is 0 Å². The Labute approximate surface area is 153 Å². The van der Waals surface area contributed by atoms with Gasteiger partial charge < -0.3 is 10.1 Å². The number of hydrogen-bond acceptors (Lipinski definition) is 4. The van der Waals surface area contributed by atoms with Crippen molar-refractivity contribution >= 4 is 17.3 Å². The first-order chi connectivity index (χ1) is 11.7. The van der Waals surface area contributed by atoms with Crippen molar-refractivity contribution in [3.8, 4) is 0 Å². The molecule has 0 radical (unpaired) electrons. The van der Waals surface area contributed by atoms with Gasteiger partial charge in [-0.05, 0) is 39.7 Å². The zero-order chi connectivity index (χ0) is 18.2. The van der Waals surface area contributed by atoms with Gasteiger partial charge in [-0.15, -0.1) is 0 Å². The van der Waals surface area contributed by atoms with Crippen molar-refractivity contribution in [1.29, 1.82) is 0 Å². The summed E-state index contributed by atoms with van der Waals surface area (Å²) in [6.07, 6.45) is 2.44. The molecular formula is C19H24ClN3O2. The molecule has 134 valence electrons. The van der Waals surface area contributed by atoms with Gasteiger partial charge in [0.15, 0.2) is 0 Å². The molecular weight excluding hydrogens is 338 g/mol. The molecule has 2 heterocycles. The van der Waals surface area contributed by atoms with Crippen molar-refractivity contribution in [2.24, 2.45) is 0 Å². The predicted octanol–water partition coefficient (Wildman–Crippen LogP) is 3.70. The van der Waals surface area contributed by atoms with E-state index >= 15 is 0 Å². The van der Waals surface area contributed by atoms with E-state index in [1.54, 1.807) is 6.20 Å². The van der Waals surface area contributed by atoms with Crippen LogP contribution in [-0.4, -0.2) is 27.0 Å². The van der Waals surface area contributed by atoms with Gasteiger partial charge in [-0.25, -0.2) is 4.68 Å². The second-order valence-corrected chi connectivity index (χ2v) is 8.06. The molecule has 2 aromatic rings. The molecule has 1 aromatic carbocycles. The van der Waals surface area contributed by atoms with Crippen LogP contribution in [0.1, 0.15) is 39.7 Å². The SMILES string of the molecule is CC1(C)CC(Nc2cnn(Cc3ccccc3)c(=O)c2Cl)C(C)(C)O1. The van der Waals surface area contributed by atoms with Crippen molar-refractivity contribution in [1.82, 2.24) is 9.78 Å². The fraction of sp³-hybridized carbons (Fsp3) is 0.474. The summed E-state index contributed by atoms with van der Waals surface area (Å²) < 4.78 is 7.46. The first-order valence-electron chi connectivity index (χ1n) is 8.44. The van der Waals surface area contributed by atoms with E-state index in [0.29, 0.717) is 12.2 Å². The van der Waals surface area contributed by atoms with Crippen molar-refractivity contribution < 1.29 is 4.74 Å². The molecule has 1 N–H and O–H groups in total. The van der Waals surface area contributed by atoms with Crippen LogP contribution in [-0.2, 0) is 11.3 Å². The lowest BCUT2D eigenvalue weighted by Crippen LogP contribution is -2.39. The van der Waals surface area contributed by atoms with Crippen LogP contribution in [0.5, 0.6) is 0 Å². The molecule has 6 heteroatoms. The molecule has 5 nitrogen and oxygen atoms in total. The second-order valence-electron chi connectivity index (χ2n) is 7.69. The van der Waals surface area contributed by atoms with Crippen LogP contribution in [0.2, 0.25) is 5.02 Å². The summed E-state index contributed by atoms with van der Waals surface area (Å²) in [6.45, 7) is 8.60. The first-order valence-corrected chi connectivity index (χ1v) is 8.82. The van der Waals surface area contributed by atoms with E-state index in [1.165, 1.54) is 4.68 Å². The molecule has 1 unspecified atom stereocenters. The Bertz CT molecular complexity index is 815. The average Bonchev–Trinajstić information content (AvgIpc) is 2.75. The van der Waals surface area contributed by atoms with Gasteiger partial charge in [0.1, 0.15) is 5.02 Å². The highest BCUT2D eigenvalue weighted by atomic mass is 35.5. The number of benzene rings is 1. The van der Waals surface area contributed by atoms with E-state index in [9.17, 15) is 4.79 Å². The highest BCUT2D eigenvalue weighted by Gasteiger charge is 2.46. The minimum Gasteiger partial charge on any atom is -0.377 e. The van der Waals surface area contributed by atoms with Gasteiger partial charge >= 0.3 is 0 Å². The van der Waals surface area contributed by atoms with Gasteiger partial charge in [0.25, 0.3) is 5.56 Å². The maximum absolute atomic E-state index is 12.6. The molecule has 0 amide bonds. The maximum atomic E-state index is 12.6. The number of aromatic nitrogens is 2. The minimum absolute atomic E-state index is 0.0474. The Morgan fingerprint density at radius 3 is 2.56 bits per heavy atom.